The van der Waals surface area contributed by atoms with Crippen LogP contribution in [0.5, 0.6) is 0 Å². The Kier molecular flexibility index (Phi) is 5.45. The molecule has 3 atom stereocenters. The Morgan fingerprint density at radius 1 is 1.33 bits per heavy atom. The maximum atomic E-state index is 6.63. The van der Waals surface area contributed by atoms with Crippen molar-refractivity contribution in [2.45, 2.75) is 71.4 Å². The van der Waals surface area contributed by atoms with Gasteiger partial charge in [0.2, 0.25) is 0 Å². The zero-order valence-electron chi connectivity index (χ0n) is 14.1. The van der Waals surface area contributed by atoms with Crippen LogP contribution in [0.4, 0.5) is 0 Å². The van der Waals surface area contributed by atoms with Crippen molar-refractivity contribution in [1.29, 1.82) is 0 Å². The SMILES string of the molecule is CCOC1(C(N)Cc2ccc(C)c(C)c2)CCCC(C)C1. The molecular weight excluding hydrogens is 258 g/mol. The van der Waals surface area contributed by atoms with Crippen molar-refractivity contribution in [2.24, 2.45) is 11.7 Å². The number of ether oxygens (including phenoxy) is 1. The zero-order chi connectivity index (χ0) is 15.5. The van der Waals surface area contributed by atoms with Crippen LogP contribution in [-0.2, 0) is 11.2 Å². The Hall–Kier alpha value is -0.860. The van der Waals surface area contributed by atoms with E-state index in [-0.39, 0.29) is 11.6 Å². The summed E-state index contributed by atoms with van der Waals surface area (Å²) in [5.74, 6) is 0.719. The molecule has 2 heteroatoms. The predicted molar refractivity (Wildman–Crippen MR) is 89.6 cm³/mol. The van der Waals surface area contributed by atoms with Gasteiger partial charge in [0, 0.05) is 12.6 Å². The molecule has 21 heavy (non-hydrogen) atoms. The highest BCUT2D eigenvalue weighted by Gasteiger charge is 2.40. The van der Waals surface area contributed by atoms with Crippen LogP contribution in [0.2, 0.25) is 0 Å². The molecule has 0 aromatic heterocycles. The molecule has 1 aromatic rings. The molecule has 3 unspecified atom stereocenters. The van der Waals surface area contributed by atoms with Crippen LogP contribution in [0.1, 0.15) is 56.2 Å². The van der Waals surface area contributed by atoms with Gasteiger partial charge in [-0.3, -0.25) is 0 Å². The lowest BCUT2D eigenvalue weighted by Crippen LogP contribution is -2.53. The fourth-order valence-electron chi connectivity index (χ4n) is 3.78. The Morgan fingerprint density at radius 3 is 2.71 bits per heavy atom. The summed E-state index contributed by atoms with van der Waals surface area (Å²) in [5, 5.41) is 0. The largest absolute Gasteiger partial charge is 0.374 e. The smallest absolute Gasteiger partial charge is 0.0838 e. The van der Waals surface area contributed by atoms with Crippen molar-refractivity contribution >= 4 is 0 Å². The van der Waals surface area contributed by atoms with E-state index in [2.05, 4.69) is 45.9 Å². The quantitative estimate of drug-likeness (QED) is 0.883. The molecule has 0 spiro atoms. The summed E-state index contributed by atoms with van der Waals surface area (Å²) < 4.78 is 6.20. The molecule has 1 aromatic carbocycles. The van der Waals surface area contributed by atoms with Gasteiger partial charge in [-0.1, -0.05) is 38.0 Å². The number of benzene rings is 1. The molecule has 0 radical (unpaired) electrons. The van der Waals surface area contributed by atoms with E-state index in [1.165, 1.54) is 29.5 Å². The van der Waals surface area contributed by atoms with Gasteiger partial charge in [0.1, 0.15) is 0 Å². The highest BCUT2D eigenvalue weighted by molar-refractivity contribution is 5.30. The summed E-state index contributed by atoms with van der Waals surface area (Å²) in [6, 6.07) is 6.78. The highest BCUT2D eigenvalue weighted by atomic mass is 16.5. The normalized spacial score (nSPS) is 27.6. The fourth-order valence-corrected chi connectivity index (χ4v) is 3.78. The third-order valence-electron chi connectivity index (χ3n) is 5.13. The molecule has 0 bridgehead atoms. The maximum Gasteiger partial charge on any atom is 0.0838 e. The summed E-state index contributed by atoms with van der Waals surface area (Å²) in [6.07, 6.45) is 5.67. The average Bonchev–Trinajstić information content (AvgIpc) is 2.43. The van der Waals surface area contributed by atoms with Gasteiger partial charge >= 0.3 is 0 Å². The summed E-state index contributed by atoms with van der Waals surface area (Å²) in [6.45, 7) is 9.50. The maximum absolute atomic E-state index is 6.63. The number of hydrogen-bond donors (Lipinski definition) is 1. The van der Waals surface area contributed by atoms with Crippen molar-refractivity contribution in [1.82, 2.24) is 0 Å². The monoisotopic (exact) mass is 289 g/mol. The molecule has 2 N–H and O–H groups in total. The Morgan fingerprint density at radius 2 is 2.10 bits per heavy atom. The van der Waals surface area contributed by atoms with Crippen molar-refractivity contribution in [3.63, 3.8) is 0 Å². The standard InChI is InChI=1S/C19H31NO/c1-5-21-19(10-6-7-14(2)13-19)18(20)12-17-9-8-15(3)16(4)11-17/h8-9,11,14,18H,5-7,10,12-13,20H2,1-4H3. The number of hydrogen-bond acceptors (Lipinski definition) is 2. The summed E-state index contributed by atoms with van der Waals surface area (Å²) in [5.41, 5.74) is 10.5. The van der Waals surface area contributed by atoms with E-state index in [1.54, 1.807) is 0 Å². The third-order valence-corrected chi connectivity index (χ3v) is 5.13. The molecule has 1 fully saturated rings. The third kappa shape index (κ3) is 3.87. The van der Waals surface area contributed by atoms with E-state index in [0.717, 1.165) is 31.8 Å². The van der Waals surface area contributed by atoms with Gasteiger partial charge in [-0.2, -0.15) is 0 Å². The van der Waals surface area contributed by atoms with Gasteiger partial charge in [0.15, 0.2) is 0 Å². The second kappa shape index (κ2) is 6.93. The lowest BCUT2D eigenvalue weighted by Gasteiger charge is -2.44. The minimum Gasteiger partial charge on any atom is -0.374 e. The van der Waals surface area contributed by atoms with E-state index in [1.807, 2.05) is 0 Å². The first-order valence-electron chi connectivity index (χ1n) is 8.42. The minimum atomic E-state index is -0.120. The van der Waals surface area contributed by atoms with E-state index < -0.39 is 0 Å². The molecule has 2 nitrogen and oxygen atoms in total. The van der Waals surface area contributed by atoms with Crippen LogP contribution in [0.15, 0.2) is 18.2 Å². The minimum absolute atomic E-state index is 0.0855. The first kappa shape index (κ1) is 16.5. The van der Waals surface area contributed by atoms with Crippen molar-refractivity contribution in [2.75, 3.05) is 6.61 Å². The second-order valence-electron chi connectivity index (χ2n) is 6.93. The van der Waals surface area contributed by atoms with Gasteiger partial charge in [0.05, 0.1) is 5.60 Å². The van der Waals surface area contributed by atoms with Gasteiger partial charge in [-0.15, -0.1) is 0 Å². The van der Waals surface area contributed by atoms with Gasteiger partial charge < -0.3 is 10.5 Å². The zero-order valence-corrected chi connectivity index (χ0v) is 14.1. The molecule has 118 valence electrons. The van der Waals surface area contributed by atoms with Gasteiger partial charge in [0.25, 0.3) is 0 Å². The van der Waals surface area contributed by atoms with Crippen LogP contribution in [0.25, 0.3) is 0 Å². The lowest BCUT2D eigenvalue weighted by molar-refractivity contribution is -0.0925. The molecule has 1 aliphatic carbocycles. The van der Waals surface area contributed by atoms with Crippen molar-refractivity contribution in [3.05, 3.63) is 34.9 Å². The average molecular weight is 289 g/mol. The van der Waals surface area contributed by atoms with Crippen molar-refractivity contribution in [3.8, 4) is 0 Å². The first-order valence-corrected chi connectivity index (χ1v) is 8.42. The predicted octanol–water partition coefficient (Wildman–Crippen LogP) is 4.16. The second-order valence-corrected chi connectivity index (χ2v) is 6.93. The topological polar surface area (TPSA) is 35.2 Å². The molecule has 0 aliphatic heterocycles. The molecule has 0 amide bonds. The van der Waals surface area contributed by atoms with Crippen molar-refractivity contribution < 1.29 is 4.74 Å². The summed E-state index contributed by atoms with van der Waals surface area (Å²) in [7, 11) is 0. The Bertz CT molecular complexity index is 467. The summed E-state index contributed by atoms with van der Waals surface area (Å²) in [4.78, 5) is 0. The molecular formula is C19H31NO. The van der Waals surface area contributed by atoms with E-state index in [0.29, 0.717) is 0 Å². The van der Waals surface area contributed by atoms with Crippen LogP contribution in [0, 0.1) is 19.8 Å². The van der Waals surface area contributed by atoms with Crippen LogP contribution in [-0.4, -0.2) is 18.2 Å². The van der Waals surface area contributed by atoms with Crippen LogP contribution < -0.4 is 5.73 Å². The Balaban J connectivity index is 2.14. The lowest BCUT2D eigenvalue weighted by atomic mass is 9.73. The van der Waals surface area contributed by atoms with Crippen LogP contribution >= 0.6 is 0 Å². The van der Waals surface area contributed by atoms with E-state index >= 15 is 0 Å². The first-order chi connectivity index (χ1) is 9.97. The molecule has 1 saturated carbocycles. The number of aryl methyl sites for hydroxylation is 2. The van der Waals surface area contributed by atoms with E-state index in [4.69, 9.17) is 10.5 Å². The molecule has 0 heterocycles. The highest BCUT2D eigenvalue weighted by Crippen LogP contribution is 2.38. The molecule has 2 rings (SSSR count). The Labute approximate surface area is 130 Å². The number of rotatable bonds is 5. The summed E-state index contributed by atoms with van der Waals surface area (Å²) >= 11 is 0. The van der Waals surface area contributed by atoms with Gasteiger partial charge in [-0.25, -0.2) is 0 Å². The molecule has 1 aliphatic rings. The number of nitrogens with two attached hydrogens (primary N) is 1. The van der Waals surface area contributed by atoms with E-state index in [9.17, 15) is 0 Å². The molecule has 0 saturated heterocycles. The van der Waals surface area contributed by atoms with Gasteiger partial charge in [-0.05, 0) is 62.6 Å². The van der Waals surface area contributed by atoms with Crippen LogP contribution in [0.3, 0.4) is 0 Å². The fraction of sp³-hybridized carbons (Fsp3) is 0.684.